The Morgan fingerprint density at radius 3 is 2.70 bits per heavy atom. The van der Waals surface area contributed by atoms with Crippen molar-refractivity contribution in [2.24, 2.45) is 0 Å². The van der Waals surface area contributed by atoms with Crippen LogP contribution in [0.3, 0.4) is 0 Å². The van der Waals surface area contributed by atoms with Crippen molar-refractivity contribution in [3.63, 3.8) is 0 Å². The van der Waals surface area contributed by atoms with E-state index >= 15 is 0 Å². The summed E-state index contributed by atoms with van der Waals surface area (Å²) in [5.41, 5.74) is 2.90. The molecule has 1 aromatic carbocycles. The Balaban J connectivity index is 1.35. The molecule has 7 heteroatoms. The van der Waals surface area contributed by atoms with Crippen molar-refractivity contribution in [2.45, 2.75) is 25.0 Å². The molecule has 0 saturated carbocycles. The fourth-order valence-corrected chi connectivity index (χ4v) is 4.41. The lowest BCUT2D eigenvalue weighted by molar-refractivity contribution is -0.117. The lowest BCUT2D eigenvalue weighted by Gasteiger charge is -2.37. The molecular weight excluding hydrogens is 378 g/mol. The van der Waals surface area contributed by atoms with E-state index in [9.17, 15) is 9.59 Å². The molecular formula is C23H23N5O2. The van der Waals surface area contributed by atoms with Crippen LogP contribution in [-0.4, -0.2) is 45.5 Å². The highest BCUT2D eigenvalue weighted by atomic mass is 16.2. The summed E-state index contributed by atoms with van der Waals surface area (Å²) in [6.07, 6.45) is 5.89. The van der Waals surface area contributed by atoms with Crippen LogP contribution < -0.4 is 10.2 Å². The summed E-state index contributed by atoms with van der Waals surface area (Å²) >= 11 is 0. The molecule has 0 bridgehead atoms. The summed E-state index contributed by atoms with van der Waals surface area (Å²) in [5.74, 6) is 0.0304. The predicted molar refractivity (Wildman–Crippen MR) is 113 cm³/mol. The highest BCUT2D eigenvalue weighted by molar-refractivity contribution is 5.96. The van der Waals surface area contributed by atoms with Gasteiger partial charge in [-0.05, 0) is 35.9 Å². The average Bonchev–Trinajstić information content (AvgIpc) is 3.40. The smallest absolute Gasteiger partial charge is 0.318 e. The molecule has 5 rings (SSSR count). The van der Waals surface area contributed by atoms with Gasteiger partial charge in [0.25, 0.3) is 0 Å². The second-order valence-corrected chi connectivity index (χ2v) is 7.70. The zero-order chi connectivity index (χ0) is 20.5. The number of carbonyl (C=O) groups is 2. The number of hydrogen-bond acceptors (Lipinski definition) is 3. The predicted octanol–water partition coefficient (Wildman–Crippen LogP) is 2.80. The number of urea groups is 1. The number of carbonyl (C=O) groups excluding carboxylic acids is 2. The zero-order valence-corrected chi connectivity index (χ0v) is 16.5. The van der Waals surface area contributed by atoms with Crippen LogP contribution in [0.2, 0.25) is 0 Å². The number of amides is 3. The number of hydrogen-bond donors (Lipinski definition) is 1. The minimum atomic E-state index is -0.214. The van der Waals surface area contributed by atoms with Crippen LogP contribution >= 0.6 is 0 Å². The van der Waals surface area contributed by atoms with Gasteiger partial charge in [0.15, 0.2) is 0 Å². The van der Waals surface area contributed by atoms with Crippen LogP contribution in [0.15, 0.2) is 73.2 Å². The van der Waals surface area contributed by atoms with Gasteiger partial charge in [0.05, 0.1) is 6.04 Å². The molecule has 0 aliphatic carbocycles. The molecule has 2 unspecified atom stereocenters. The van der Waals surface area contributed by atoms with Gasteiger partial charge < -0.3 is 19.7 Å². The number of benzene rings is 1. The van der Waals surface area contributed by atoms with Gasteiger partial charge in [-0.25, -0.2) is 4.79 Å². The zero-order valence-electron chi connectivity index (χ0n) is 16.5. The summed E-state index contributed by atoms with van der Waals surface area (Å²) < 4.78 is 2.18. The van der Waals surface area contributed by atoms with Crippen LogP contribution in [0.1, 0.15) is 23.7 Å². The van der Waals surface area contributed by atoms with Crippen LogP contribution in [0.4, 0.5) is 10.5 Å². The molecule has 1 saturated heterocycles. The quantitative estimate of drug-likeness (QED) is 0.734. The monoisotopic (exact) mass is 401 g/mol. The van der Waals surface area contributed by atoms with Gasteiger partial charge in [-0.1, -0.05) is 24.3 Å². The third kappa shape index (κ3) is 3.32. The van der Waals surface area contributed by atoms with Crippen molar-refractivity contribution in [1.82, 2.24) is 19.8 Å². The Labute approximate surface area is 174 Å². The van der Waals surface area contributed by atoms with Gasteiger partial charge in [-0.15, -0.1) is 0 Å². The molecule has 1 fully saturated rings. The van der Waals surface area contributed by atoms with Crippen molar-refractivity contribution in [1.29, 1.82) is 0 Å². The summed E-state index contributed by atoms with van der Waals surface area (Å²) in [6, 6.07) is 17.0. The molecule has 3 amide bonds. The number of anilines is 1. The Hall–Kier alpha value is -3.61. The molecule has 3 aromatic rings. The maximum absolute atomic E-state index is 13.3. The first-order valence-corrected chi connectivity index (χ1v) is 10.2. The molecule has 0 spiro atoms. The van der Waals surface area contributed by atoms with Gasteiger partial charge in [0.2, 0.25) is 5.91 Å². The second kappa shape index (κ2) is 7.67. The van der Waals surface area contributed by atoms with Crippen LogP contribution in [0.25, 0.3) is 0 Å². The normalized spacial score (nSPS) is 20.9. The number of fused-ring (bicyclic) bond motifs is 1. The van der Waals surface area contributed by atoms with Crippen LogP contribution in [-0.2, 0) is 11.3 Å². The number of para-hydroxylation sites is 1. The molecule has 1 N–H and O–H groups in total. The average molecular weight is 401 g/mol. The minimum absolute atomic E-state index is 0.0304. The number of rotatable bonds is 3. The van der Waals surface area contributed by atoms with Crippen molar-refractivity contribution in [2.75, 3.05) is 18.0 Å². The molecule has 0 radical (unpaired) electrons. The van der Waals surface area contributed by atoms with Crippen LogP contribution in [0.5, 0.6) is 0 Å². The van der Waals surface area contributed by atoms with Crippen molar-refractivity contribution in [3.05, 3.63) is 84.4 Å². The van der Waals surface area contributed by atoms with Crippen molar-refractivity contribution in [3.8, 4) is 0 Å². The van der Waals surface area contributed by atoms with Crippen molar-refractivity contribution < 1.29 is 9.59 Å². The maximum Gasteiger partial charge on any atom is 0.318 e. The molecule has 2 aliphatic heterocycles. The number of nitrogens with one attached hydrogen (secondary N) is 1. The van der Waals surface area contributed by atoms with E-state index < -0.39 is 0 Å². The molecule has 2 atom stereocenters. The van der Waals surface area contributed by atoms with Gasteiger partial charge in [-0.3, -0.25) is 9.78 Å². The third-order valence-electron chi connectivity index (χ3n) is 5.82. The molecule has 4 heterocycles. The van der Waals surface area contributed by atoms with E-state index in [4.69, 9.17) is 0 Å². The fraction of sp³-hybridized carbons (Fsp3) is 0.261. The largest absolute Gasteiger partial charge is 0.348 e. The van der Waals surface area contributed by atoms with Crippen molar-refractivity contribution >= 4 is 17.6 Å². The van der Waals surface area contributed by atoms with E-state index in [2.05, 4.69) is 14.9 Å². The lowest BCUT2D eigenvalue weighted by atomic mass is 10.0. The summed E-state index contributed by atoms with van der Waals surface area (Å²) in [6.45, 7) is 1.82. The highest BCUT2D eigenvalue weighted by Crippen LogP contribution is 2.32. The molecule has 30 heavy (non-hydrogen) atoms. The van der Waals surface area contributed by atoms with E-state index in [1.165, 1.54) is 0 Å². The second-order valence-electron chi connectivity index (χ2n) is 7.70. The molecule has 152 valence electrons. The standard InChI is InChI=1S/C23H23N5O2/c29-21-14-18(16-28(21)19-7-2-1-3-8-19)25-23(30)27-13-12-26-11-5-9-20(26)22(27)17-6-4-10-24-15-17/h1-11,15,18,22H,12-14,16H2,(H,25,30). The Morgan fingerprint density at radius 1 is 1.03 bits per heavy atom. The summed E-state index contributed by atoms with van der Waals surface area (Å²) in [5, 5.41) is 3.10. The van der Waals surface area contributed by atoms with E-state index in [1.807, 2.05) is 71.9 Å². The first-order chi connectivity index (χ1) is 14.7. The van der Waals surface area contributed by atoms with Gasteiger partial charge >= 0.3 is 6.03 Å². The number of pyridine rings is 1. The minimum Gasteiger partial charge on any atom is -0.348 e. The number of nitrogens with zero attached hydrogens (tertiary/aromatic N) is 4. The summed E-state index contributed by atoms with van der Waals surface area (Å²) in [4.78, 5) is 33.6. The number of aromatic nitrogens is 2. The molecule has 7 nitrogen and oxygen atoms in total. The fourth-order valence-electron chi connectivity index (χ4n) is 4.41. The van der Waals surface area contributed by atoms with Gasteiger partial charge in [-0.2, -0.15) is 0 Å². The third-order valence-corrected chi connectivity index (χ3v) is 5.82. The first-order valence-electron chi connectivity index (χ1n) is 10.2. The van der Waals surface area contributed by atoms with Gasteiger partial charge in [0.1, 0.15) is 6.04 Å². The Morgan fingerprint density at radius 2 is 1.90 bits per heavy atom. The van der Waals surface area contributed by atoms with Gasteiger partial charge in [0, 0.05) is 56.0 Å². The SMILES string of the molecule is O=C1CC(NC(=O)N2CCn3cccc3C2c2cccnc2)CN1c1ccccc1. The highest BCUT2D eigenvalue weighted by Gasteiger charge is 2.36. The molecule has 2 aliphatic rings. The van der Waals surface area contributed by atoms with E-state index in [1.54, 1.807) is 11.1 Å². The Kier molecular flexibility index (Phi) is 4.71. The van der Waals surface area contributed by atoms with E-state index in [-0.39, 0.29) is 24.0 Å². The van der Waals surface area contributed by atoms with E-state index in [0.717, 1.165) is 23.5 Å². The van der Waals surface area contributed by atoms with E-state index in [0.29, 0.717) is 19.5 Å². The maximum atomic E-state index is 13.3. The molecule has 2 aromatic heterocycles. The lowest BCUT2D eigenvalue weighted by Crippen LogP contribution is -2.50. The topological polar surface area (TPSA) is 70.5 Å². The Bertz CT molecular complexity index is 1050. The van der Waals surface area contributed by atoms with Crippen LogP contribution in [0, 0.1) is 0 Å². The summed E-state index contributed by atoms with van der Waals surface area (Å²) in [7, 11) is 0. The first kappa shape index (κ1) is 18.4.